The van der Waals surface area contributed by atoms with E-state index in [0.29, 0.717) is 12.2 Å². The Balaban J connectivity index is 1.23. The van der Waals surface area contributed by atoms with Gasteiger partial charge in [0, 0.05) is 52.1 Å². The minimum absolute atomic E-state index is 0.113. The molecule has 1 amide bonds. The highest BCUT2D eigenvalue weighted by Gasteiger charge is 2.16. The lowest BCUT2D eigenvalue weighted by Gasteiger charge is -2.12. The lowest BCUT2D eigenvalue weighted by molar-refractivity contribution is 0.102. The monoisotopic (exact) mass is 628 g/mol. The number of nitrogens with one attached hydrogen (secondary N) is 2. The van der Waals surface area contributed by atoms with Crippen molar-refractivity contribution in [2.75, 3.05) is 24.9 Å². The number of amides is 1. The third-order valence-electron chi connectivity index (χ3n) is 7.08. The van der Waals surface area contributed by atoms with Gasteiger partial charge >= 0.3 is 0 Å². The lowest BCUT2D eigenvalue weighted by atomic mass is 10.1. The third kappa shape index (κ3) is 5.79. The number of rotatable bonds is 9. The molecule has 0 saturated heterocycles. The van der Waals surface area contributed by atoms with Gasteiger partial charge < -0.3 is 20.1 Å². The van der Waals surface area contributed by atoms with E-state index in [9.17, 15) is 9.18 Å². The molecule has 0 spiro atoms. The van der Waals surface area contributed by atoms with Crippen molar-refractivity contribution >= 4 is 50.6 Å². The van der Waals surface area contributed by atoms with Crippen LogP contribution >= 0.6 is 22.9 Å². The zero-order valence-corrected chi connectivity index (χ0v) is 25.5. The van der Waals surface area contributed by atoms with E-state index in [4.69, 9.17) is 21.1 Å². The average molecular weight is 629 g/mol. The Hall–Kier alpha value is -5.00. The van der Waals surface area contributed by atoms with E-state index in [2.05, 4.69) is 25.7 Å². The largest absolute Gasteiger partial charge is 0.497 e. The van der Waals surface area contributed by atoms with Crippen molar-refractivity contribution < 1.29 is 18.7 Å². The summed E-state index contributed by atoms with van der Waals surface area (Å²) in [6.45, 7) is 2.47. The molecular weight excluding hydrogens is 603 g/mol. The summed E-state index contributed by atoms with van der Waals surface area (Å²) in [6, 6.07) is 15.1. The van der Waals surface area contributed by atoms with Crippen LogP contribution in [0, 0.1) is 12.7 Å². The van der Waals surface area contributed by atoms with E-state index in [1.54, 1.807) is 48.8 Å². The van der Waals surface area contributed by atoms with E-state index >= 15 is 0 Å². The number of fused-ring (bicyclic) bond motifs is 1. The molecule has 222 valence electrons. The van der Waals surface area contributed by atoms with Gasteiger partial charge in [-0.1, -0.05) is 17.7 Å². The SMILES string of the molecule is COc1ccc(CNc2ncnc3c(-c4cnn(-c5cc(NC(=O)c6ccc(F)c(Cl)c6)ccc5C)c4)csc23)c(OC)c1. The molecule has 0 atom stereocenters. The fourth-order valence-electron chi connectivity index (χ4n) is 4.73. The molecule has 0 aliphatic rings. The Morgan fingerprint density at radius 3 is 2.73 bits per heavy atom. The van der Waals surface area contributed by atoms with Crippen LogP contribution in [0.5, 0.6) is 11.5 Å². The maximum Gasteiger partial charge on any atom is 0.255 e. The van der Waals surface area contributed by atoms with E-state index < -0.39 is 11.7 Å². The minimum Gasteiger partial charge on any atom is -0.497 e. The molecule has 0 radical (unpaired) electrons. The smallest absolute Gasteiger partial charge is 0.255 e. The number of halogens is 2. The first-order valence-electron chi connectivity index (χ1n) is 13.4. The van der Waals surface area contributed by atoms with Gasteiger partial charge in [0.2, 0.25) is 0 Å². The van der Waals surface area contributed by atoms with E-state index in [-0.39, 0.29) is 10.6 Å². The Morgan fingerprint density at radius 1 is 1.07 bits per heavy atom. The van der Waals surface area contributed by atoms with E-state index in [1.807, 2.05) is 48.8 Å². The minimum atomic E-state index is -0.582. The standard InChI is InChI=1S/C32H26ClFN6O3S/c1-18-4-7-22(39-32(41)19-6-9-26(34)25(33)10-19)11-27(18)40-15-21(14-38-40)24-16-44-30-29(24)36-17-37-31(30)35-13-20-5-8-23(42-2)12-28(20)43-3/h4-12,14-17H,13H2,1-3H3,(H,39,41)(H,35,36,37). The van der Waals surface area contributed by atoms with Crippen LogP contribution in [0.3, 0.4) is 0 Å². The number of benzene rings is 3. The average Bonchev–Trinajstić information content (AvgIpc) is 3.70. The Morgan fingerprint density at radius 2 is 1.93 bits per heavy atom. The first-order valence-corrected chi connectivity index (χ1v) is 14.7. The summed E-state index contributed by atoms with van der Waals surface area (Å²) in [5, 5.41) is 12.8. The molecule has 0 aliphatic carbocycles. The predicted molar refractivity (Wildman–Crippen MR) is 171 cm³/mol. The van der Waals surface area contributed by atoms with Crippen LogP contribution < -0.4 is 20.1 Å². The number of thiophene rings is 1. The number of aryl methyl sites for hydroxylation is 1. The van der Waals surface area contributed by atoms with Crippen molar-refractivity contribution in [1.29, 1.82) is 0 Å². The van der Waals surface area contributed by atoms with E-state index in [1.165, 1.54) is 18.2 Å². The molecule has 0 unspecified atom stereocenters. The fraction of sp³-hybridized carbons (Fsp3) is 0.125. The van der Waals surface area contributed by atoms with Crippen molar-refractivity contribution in [1.82, 2.24) is 19.7 Å². The molecule has 3 heterocycles. The molecule has 3 aromatic heterocycles. The van der Waals surface area contributed by atoms with Gasteiger partial charge in [-0.3, -0.25) is 4.79 Å². The van der Waals surface area contributed by atoms with Gasteiger partial charge in [0.15, 0.2) is 0 Å². The molecule has 3 aromatic carbocycles. The Kier molecular flexibility index (Phi) is 8.14. The van der Waals surface area contributed by atoms with Crippen molar-refractivity contribution in [3.63, 3.8) is 0 Å². The van der Waals surface area contributed by atoms with Crippen LogP contribution in [0.15, 0.2) is 78.7 Å². The van der Waals surface area contributed by atoms with Gasteiger partial charge in [0.05, 0.1) is 41.3 Å². The Labute approximate surface area is 261 Å². The molecular formula is C32H26ClFN6O3S. The molecule has 0 fully saturated rings. The molecule has 0 saturated carbocycles. The number of nitrogens with zero attached hydrogens (tertiary/aromatic N) is 4. The maximum atomic E-state index is 13.5. The second kappa shape index (κ2) is 12.3. The van der Waals surface area contributed by atoms with Crippen molar-refractivity contribution in [2.45, 2.75) is 13.5 Å². The van der Waals surface area contributed by atoms with Gasteiger partial charge in [-0.2, -0.15) is 5.10 Å². The summed E-state index contributed by atoms with van der Waals surface area (Å²) in [6.07, 6.45) is 5.25. The van der Waals surface area contributed by atoms with Crippen molar-refractivity contribution in [2.24, 2.45) is 0 Å². The van der Waals surface area contributed by atoms with E-state index in [0.717, 1.165) is 55.5 Å². The normalized spacial score (nSPS) is 11.0. The van der Waals surface area contributed by atoms with Crippen LogP contribution in [0.25, 0.3) is 27.0 Å². The van der Waals surface area contributed by atoms with Crippen LogP contribution in [-0.2, 0) is 6.54 Å². The highest BCUT2D eigenvalue weighted by molar-refractivity contribution is 7.18. The van der Waals surface area contributed by atoms with Crippen LogP contribution in [0.2, 0.25) is 5.02 Å². The first-order chi connectivity index (χ1) is 21.3. The number of hydrogen-bond donors (Lipinski definition) is 2. The first kappa shape index (κ1) is 29.1. The highest BCUT2D eigenvalue weighted by Crippen LogP contribution is 2.36. The third-order valence-corrected chi connectivity index (χ3v) is 8.35. The summed E-state index contributed by atoms with van der Waals surface area (Å²) in [4.78, 5) is 21.8. The van der Waals surface area contributed by atoms with Gasteiger partial charge in [-0.05, 0) is 55.0 Å². The number of carbonyl (C=O) groups is 1. The summed E-state index contributed by atoms with van der Waals surface area (Å²) < 4.78 is 27.0. The van der Waals surface area contributed by atoms with Crippen LogP contribution in [-0.4, -0.2) is 39.9 Å². The van der Waals surface area contributed by atoms with Gasteiger partial charge in [0.25, 0.3) is 5.91 Å². The van der Waals surface area contributed by atoms with Gasteiger partial charge in [-0.15, -0.1) is 11.3 Å². The molecule has 2 N–H and O–H groups in total. The number of ether oxygens (including phenoxy) is 2. The fourth-order valence-corrected chi connectivity index (χ4v) is 5.90. The summed E-state index contributed by atoms with van der Waals surface area (Å²) in [7, 11) is 3.25. The van der Waals surface area contributed by atoms with Gasteiger partial charge in [-0.25, -0.2) is 19.0 Å². The second-order valence-electron chi connectivity index (χ2n) is 9.84. The number of carbonyl (C=O) groups excluding carboxylic acids is 1. The second-order valence-corrected chi connectivity index (χ2v) is 11.1. The van der Waals surface area contributed by atoms with Crippen LogP contribution in [0.4, 0.5) is 15.9 Å². The predicted octanol–water partition coefficient (Wildman–Crippen LogP) is 7.53. The zero-order valence-electron chi connectivity index (χ0n) is 23.9. The summed E-state index contributed by atoms with van der Waals surface area (Å²) >= 11 is 7.40. The molecule has 0 aliphatic heterocycles. The summed E-state index contributed by atoms with van der Waals surface area (Å²) in [5.74, 6) is 1.18. The van der Waals surface area contributed by atoms with Crippen molar-refractivity contribution in [3.05, 3.63) is 106 Å². The Bertz CT molecular complexity index is 2010. The molecule has 9 nitrogen and oxygen atoms in total. The number of aromatic nitrogens is 4. The highest BCUT2D eigenvalue weighted by atomic mass is 35.5. The van der Waals surface area contributed by atoms with Gasteiger partial charge in [0.1, 0.15) is 29.5 Å². The molecule has 6 aromatic rings. The van der Waals surface area contributed by atoms with Crippen molar-refractivity contribution in [3.8, 4) is 28.3 Å². The van der Waals surface area contributed by atoms with Crippen LogP contribution in [0.1, 0.15) is 21.5 Å². The maximum absolute atomic E-state index is 13.5. The number of anilines is 2. The molecule has 12 heteroatoms. The molecule has 6 rings (SSSR count). The zero-order chi connectivity index (χ0) is 30.8. The quantitative estimate of drug-likeness (QED) is 0.171. The lowest BCUT2D eigenvalue weighted by Crippen LogP contribution is -2.12. The molecule has 44 heavy (non-hydrogen) atoms. The number of hydrogen-bond acceptors (Lipinski definition) is 8. The molecule has 0 bridgehead atoms. The topological polar surface area (TPSA) is 103 Å². The summed E-state index contributed by atoms with van der Waals surface area (Å²) in [5.41, 5.74) is 6.15. The number of methoxy groups -OCH3 is 2.